The molecule has 1 heterocycles. The number of rotatable bonds is 7. The zero-order valence-electron chi connectivity index (χ0n) is 26.2. The smallest absolute Gasteiger partial charge is 0.338 e. The molecule has 1 saturated carbocycles. The molecule has 1 spiro atoms. The second kappa shape index (κ2) is 11.6. The van der Waals surface area contributed by atoms with Crippen molar-refractivity contribution in [1.29, 1.82) is 0 Å². The quantitative estimate of drug-likeness (QED) is 0.347. The maximum atomic E-state index is 14.4. The van der Waals surface area contributed by atoms with E-state index in [4.69, 9.17) is 9.73 Å². The van der Waals surface area contributed by atoms with Crippen molar-refractivity contribution < 1.29 is 19.4 Å². The lowest BCUT2D eigenvalue weighted by Crippen LogP contribution is -2.51. The number of nitrogens with zero attached hydrogens (tertiary/aromatic N) is 2. The van der Waals surface area contributed by atoms with Crippen molar-refractivity contribution in [1.82, 2.24) is 4.90 Å². The fourth-order valence-electron chi connectivity index (χ4n) is 6.32. The lowest BCUT2D eigenvalue weighted by Gasteiger charge is -2.47. The maximum Gasteiger partial charge on any atom is 0.338 e. The van der Waals surface area contributed by atoms with Crippen molar-refractivity contribution >= 4 is 17.6 Å². The number of aliphatic imine (C=N–C) groups is 1. The number of amides is 1. The second-order valence-electron chi connectivity index (χ2n) is 14.5. The van der Waals surface area contributed by atoms with Crippen LogP contribution in [0.3, 0.4) is 0 Å². The largest absolute Gasteiger partial charge is 0.508 e. The number of phenolic OH excluding ortho intramolecular Hbond substituents is 1. The van der Waals surface area contributed by atoms with Crippen molar-refractivity contribution in [3.05, 3.63) is 65.2 Å². The lowest BCUT2D eigenvalue weighted by molar-refractivity contribution is -0.134. The molecule has 2 aromatic rings. The predicted octanol–water partition coefficient (Wildman–Crippen LogP) is 8.09. The van der Waals surface area contributed by atoms with Gasteiger partial charge in [0.05, 0.1) is 17.7 Å². The van der Waals surface area contributed by atoms with Crippen molar-refractivity contribution in [3.63, 3.8) is 0 Å². The molecule has 1 amide bonds. The van der Waals surface area contributed by atoms with Crippen LogP contribution in [0.15, 0.2) is 53.5 Å². The van der Waals surface area contributed by atoms with E-state index >= 15 is 0 Å². The van der Waals surface area contributed by atoms with Gasteiger partial charge in [0.2, 0.25) is 0 Å². The topological polar surface area (TPSA) is 79.2 Å². The maximum absolute atomic E-state index is 14.4. The van der Waals surface area contributed by atoms with E-state index < -0.39 is 5.66 Å². The summed E-state index contributed by atoms with van der Waals surface area (Å²) >= 11 is 0. The Hall–Kier alpha value is -3.15. The first kappa shape index (κ1) is 30.8. The molecule has 1 atom stereocenters. The fourth-order valence-corrected chi connectivity index (χ4v) is 6.32. The molecule has 6 nitrogen and oxygen atoms in total. The Balaban J connectivity index is 1.77. The van der Waals surface area contributed by atoms with E-state index in [1.807, 2.05) is 44.2 Å². The lowest BCUT2D eigenvalue weighted by atomic mass is 9.69. The van der Waals surface area contributed by atoms with Gasteiger partial charge in [-0.25, -0.2) is 4.79 Å². The average Bonchev–Trinajstić information content (AvgIpc) is 3.15. The molecule has 2 aliphatic rings. The molecule has 1 N–H and O–H groups in total. The third-order valence-corrected chi connectivity index (χ3v) is 8.67. The summed E-state index contributed by atoms with van der Waals surface area (Å²) < 4.78 is 5.40. The Morgan fingerprint density at radius 2 is 1.68 bits per heavy atom. The Kier molecular flexibility index (Phi) is 8.73. The predicted molar refractivity (Wildman–Crippen MR) is 164 cm³/mol. The molecule has 0 radical (unpaired) electrons. The van der Waals surface area contributed by atoms with Crippen molar-refractivity contribution in [2.75, 3.05) is 0 Å². The molecular formula is C35H48N2O4. The molecular weight excluding hydrogens is 512 g/mol. The minimum Gasteiger partial charge on any atom is -0.508 e. The van der Waals surface area contributed by atoms with E-state index in [-0.39, 0.29) is 40.6 Å². The number of phenols is 1. The standard InChI is InChI=1S/C35H48N2O4/c1-23(2)41-32(40)25-14-12-24(13-15-25)29(18-19-33(3,4)5)37-31(39)30(26-10-9-11-28(38)22-26)36-35(37)20-16-27(17-21-35)34(6,7)8/h9-15,22-23,27,29,38H,16-21H2,1-8H3/t27?,29-,35?/m1/s1. The highest BCUT2D eigenvalue weighted by molar-refractivity contribution is 6.46. The zero-order chi connectivity index (χ0) is 30.2. The Morgan fingerprint density at radius 1 is 1.05 bits per heavy atom. The second-order valence-corrected chi connectivity index (χ2v) is 14.5. The summed E-state index contributed by atoms with van der Waals surface area (Å²) in [5.74, 6) is 0.244. The molecule has 1 aliphatic carbocycles. The molecule has 2 aromatic carbocycles. The van der Waals surface area contributed by atoms with Gasteiger partial charge in [-0.3, -0.25) is 9.79 Å². The fraction of sp³-hybridized carbons (Fsp3) is 0.571. The first-order chi connectivity index (χ1) is 19.1. The van der Waals surface area contributed by atoms with E-state index in [1.54, 1.807) is 18.2 Å². The van der Waals surface area contributed by atoms with Gasteiger partial charge < -0.3 is 14.7 Å². The third-order valence-electron chi connectivity index (χ3n) is 8.67. The van der Waals surface area contributed by atoms with E-state index in [0.29, 0.717) is 22.8 Å². The van der Waals surface area contributed by atoms with E-state index in [2.05, 4.69) is 46.4 Å². The molecule has 0 saturated heterocycles. The summed E-state index contributed by atoms with van der Waals surface area (Å²) in [4.78, 5) is 34.3. The molecule has 1 fully saturated rings. The van der Waals surface area contributed by atoms with Gasteiger partial charge in [-0.2, -0.15) is 0 Å². The monoisotopic (exact) mass is 560 g/mol. The van der Waals surface area contributed by atoms with Crippen LogP contribution in [0, 0.1) is 16.7 Å². The van der Waals surface area contributed by atoms with Crippen molar-refractivity contribution in [2.24, 2.45) is 21.7 Å². The molecule has 6 heteroatoms. The minimum atomic E-state index is -0.641. The third kappa shape index (κ3) is 7.02. The van der Waals surface area contributed by atoms with Gasteiger partial charge in [0.1, 0.15) is 17.1 Å². The van der Waals surface area contributed by atoms with Crippen LogP contribution >= 0.6 is 0 Å². The molecule has 0 bridgehead atoms. The van der Waals surface area contributed by atoms with Gasteiger partial charge in [0.15, 0.2) is 0 Å². The van der Waals surface area contributed by atoms with Crippen LogP contribution in [0.1, 0.15) is 121 Å². The number of esters is 1. The van der Waals surface area contributed by atoms with Crippen LogP contribution in [0.25, 0.3) is 0 Å². The number of hydrogen-bond donors (Lipinski definition) is 1. The molecule has 4 rings (SSSR count). The van der Waals surface area contributed by atoms with Gasteiger partial charge >= 0.3 is 5.97 Å². The molecule has 41 heavy (non-hydrogen) atoms. The summed E-state index contributed by atoms with van der Waals surface area (Å²) in [7, 11) is 0. The number of carbonyl (C=O) groups excluding carboxylic acids is 2. The minimum absolute atomic E-state index is 0.0774. The summed E-state index contributed by atoms with van der Waals surface area (Å²) in [6.45, 7) is 17.2. The van der Waals surface area contributed by atoms with Crippen LogP contribution in [-0.4, -0.2) is 39.4 Å². The Labute approximate surface area is 246 Å². The first-order valence-corrected chi connectivity index (χ1v) is 15.1. The molecule has 0 aromatic heterocycles. The van der Waals surface area contributed by atoms with Crippen molar-refractivity contribution in [3.8, 4) is 5.75 Å². The number of hydrogen-bond acceptors (Lipinski definition) is 5. The zero-order valence-corrected chi connectivity index (χ0v) is 26.2. The highest BCUT2D eigenvalue weighted by Crippen LogP contribution is 2.50. The van der Waals surface area contributed by atoms with E-state index in [9.17, 15) is 14.7 Å². The van der Waals surface area contributed by atoms with Crippen LogP contribution < -0.4 is 0 Å². The van der Waals surface area contributed by atoms with E-state index in [0.717, 1.165) is 44.1 Å². The summed E-state index contributed by atoms with van der Waals surface area (Å²) in [6.07, 6.45) is 5.09. The summed E-state index contributed by atoms with van der Waals surface area (Å²) in [6, 6.07) is 14.2. The van der Waals surface area contributed by atoms with Gasteiger partial charge in [-0.05, 0) is 98.9 Å². The molecule has 1 aliphatic heterocycles. The summed E-state index contributed by atoms with van der Waals surface area (Å²) in [5.41, 5.74) is 2.20. The highest BCUT2D eigenvalue weighted by Gasteiger charge is 2.52. The van der Waals surface area contributed by atoms with Gasteiger partial charge in [0, 0.05) is 5.56 Å². The van der Waals surface area contributed by atoms with Crippen LogP contribution in [0.4, 0.5) is 0 Å². The van der Waals surface area contributed by atoms with Crippen LogP contribution in [0.2, 0.25) is 0 Å². The van der Waals surface area contributed by atoms with Crippen LogP contribution in [0.5, 0.6) is 5.75 Å². The van der Waals surface area contributed by atoms with Crippen LogP contribution in [-0.2, 0) is 9.53 Å². The first-order valence-electron chi connectivity index (χ1n) is 15.1. The number of benzene rings is 2. The number of carbonyl (C=O) groups is 2. The Morgan fingerprint density at radius 3 is 2.22 bits per heavy atom. The average molecular weight is 561 g/mol. The SMILES string of the molecule is CC(C)OC(=O)c1ccc([C@@H](CCC(C)(C)C)N2C(=O)C(c3cccc(O)c3)=NC23CCC(C(C)(C)C)CC3)cc1. The molecule has 222 valence electrons. The Bertz CT molecular complexity index is 1270. The highest BCUT2D eigenvalue weighted by atomic mass is 16.5. The van der Waals surface area contributed by atoms with Gasteiger partial charge in [0.25, 0.3) is 5.91 Å². The molecule has 0 unspecified atom stereocenters. The van der Waals surface area contributed by atoms with Gasteiger partial charge in [-0.15, -0.1) is 0 Å². The summed E-state index contributed by atoms with van der Waals surface area (Å²) in [5, 5.41) is 10.2. The normalized spacial score (nSPS) is 22.3. The number of aromatic hydroxyl groups is 1. The van der Waals surface area contributed by atoms with Crippen molar-refractivity contribution in [2.45, 2.75) is 112 Å². The van der Waals surface area contributed by atoms with E-state index in [1.165, 1.54) is 0 Å². The number of ether oxygens (including phenoxy) is 1. The van der Waals surface area contributed by atoms with Gasteiger partial charge in [-0.1, -0.05) is 65.8 Å².